The van der Waals surface area contributed by atoms with Crippen LogP contribution in [0.1, 0.15) is 336 Å². The van der Waals surface area contributed by atoms with Crippen molar-refractivity contribution >= 4 is 39.5 Å². The van der Waals surface area contributed by atoms with Crippen molar-refractivity contribution in [3.63, 3.8) is 0 Å². The number of allylic oxidation sites excluding steroid dienone is 20. The smallest absolute Gasteiger partial charge is 0.462 e. The second-order valence-electron chi connectivity index (χ2n) is 27.0. The molecule has 3 N–H and O–H groups in total. The average molecular weight is 1500 g/mol. The number of hydrogen-bond donors (Lipinski definition) is 3. The van der Waals surface area contributed by atoms with Crippen LogP contribution in [0, 0.1) is 0 Å². The van der Waals surface area contributed by atoms with Crippen molar-refractivity contribution in [2.75, 3.05) is 39.6 Å². The maximum Gasteiger partial charge on any atom is 0.472 e. The quantitative estimate of drug-likeness (QED) is 0.0169. The van der Waals surface area contributed by atoms with Crippen LogP contribution in [0.5, 0.6) is 0 Å². The zero-order chi connectivity index (χ0) is 76.0. The van der Waals surface area contributed by atoms with Crippen molar-refractivity contribution in [2.45, 2.75) is 354 Å². The topological polar surface area (TPSA) is 237 Å². The molecule has 598 valence electrons. The zero-order valence-corrected chi connectivity index (χ0v) is 67.2. The molecule has 5 unspecified atom stereocenters. The predicted molar refractivity (Wildman–Crippen MR) is 427 cm³/mol. The molecule has 17 nitrogen and oxygen atoms in total. The Balaban J connectivity index is 5.36. The molecule has 0 rings (SSSR count). The number of carbonyl (C=O) groups excluding carboxylic acids is 4. The van der Waals surface area contributed by atoms with E-state index < -0.39 is 97.5 Å². The van der Waals surface area contributed by atoms with Gasteiger partial charge in [0.25, 0.3) is 0 Å². The number of ether oxygens (including phenoxy) is 4. The molecule has 0 fully saturated rings. The van der Waals surface area contributed by atoms with Gasteiger partial charge < -0.3 is 33.8 Å². The van der Waals surface area contributed by atoms with E-state index in [1.54, 1.807) is 0 Å². The van der Waals surface area contributed by atoms with Crippen LogP contribution in [-0.4, -0.2) is 96.7 Å². The molecule has 0 saturated heterocycles. The average Bonchev–Trinajstić information content (AvgIpc) is 0.931. The number of aliphatic hydroxyl groups is 1. The van der Waals surface area contributed by atoms with Gasteiger partial charge in [-0.15, -0.1) is 0 Å². The molecule has 0 saturated carbocycles. The summed E-state index contributed by atoms with van der Waals surface area (Å²) in [5.41, 5.74) is 0. The molecule has 0 aliphatic rings. The lowest BCUT2D eigenvalue weighted by molar-refractivity contribution is -0.161. The number of esters is 4. The van der Waals surface area contributed by atoms with E-state index in [0.29, 0.717) is 25.7 Å². The number of unbranched alkanes of at least 4 members (excludes halogenated alkanes) is 30. The highest BCUT2D eigenvalue weighted by atomic mass is 31.2. The van der Waals surface area contributed by atoms with Gasteiger partial charge in [0.05, 0.1) is 26.4 Å². The molecule has 0 spiro atoms. The maximum absolute atomic E-state index is 13.1. The highest BCUT2D eigenvalue weighted by molar-refractivity contribution is 7.47. The Hall–Kier alpha value is -4.54. The molecule has 0 bridgehead atoms. The summed E-state index contributed by atoms with van der Waals surface area (Å²) in [6, 6.07) is 0. The van der Waals surface area contributed by atoms with Crippen molar-refractivity contribution in [1.82, 2.24) is 0 Å². The van der Waals surface area contributed by atoms with Gasteiger partial charge in [0.1, 0.15) is 19.3 Å². The lowest BCUT2D eigenvalue weighted by Crippen LogP contribution is -2.30. The van der Waals surface area contributed by atoms with Gasteiger partial charge in [-0.25, -0.2) is 9.13 Å². The molecule has 5 atom stereocenters. The second kappa shape index (κ2) is 76.6. The Morgan fingerprint density at radius 3 is 0.798 bits per heavy atom. The van der Waals surface area contributed by atoms with Crippen molar-refractivity contribution < 1.29 is 80.2 Å². The van der Waals surface area contributed by atoms with Crippen LogP contribution in [0.2, 0.25) is 0 Å². The van der Waals surface area contributed by atoms with Crippen molar-refractivity contribution in [2.24, 2.45) is 0 Å². The standard InChI is InChI=1S/C85H146O17P2/c1-5-9-13-17-21-25-29-32-35-37-39-41-44-46-50-53-57-61-65-69-82(87)95-75-80(101-84(89)71-67-63-59-55-49-28-24-20-16-12-8-4)77-99-103(91,92)97-73-79(86)74-98-104(93,94)100-78-81(102-85(90)72-68-64-60-56-52-48-43-34-31-27-23-19-15-11-7-3)76-96-83(88)70-66-62-58-54-51-47-45-42-40-38-36-33-30-26-22-18-14-10-6-2/h9,13,21-23,25-27,32-36,39-43,46,50,79-81,86H,5-8,10-12,14-20,24,28-31,37-38,44-45,47-49,51-78H2,1-4H3,(H,91,92)(H,93,94)/b13-9-,25-21-,26-22-,27-23-,35-32-,36-33-,41-39-,42-40-,43-34-,50-46-. The third kappa shape index (κ3) is 75.7. The normalized spacial score (nSPS) is 14.5. The minimum Gasteiger partial charge on any atom is -0.462 e. The van der Waals surface area contributed by atoms with Gasteiger partial charge in [-0.3, -0.25) is 37.3 Å². The summed E-state index contributed by atoms with van der Waals surface area (Å²) in [7, 11) is -9.97. The predicted octanol–water partition coefficient (Wildman–Crippen LogP) is 23.9. The SMILES string of the molecule is CC/C=C\C/C=C\C/C=C\C/C=C\C/C=C\CCCCCC(=O)OCC(COP(=O)(O)OCC(O)COP(=O)(O)OCC(COC(=O)CCCCCCCC/C=C\C/C=C\C/C=C\CCCCC)OC(=O)CCCCCCC/C=C\C/C=C\CCCCC)OC(=O)CCCCCCCCCCCCC. The number of aliphatic hydroxyl groups excluding tert-OH is 1. The number of hydrogen-bond acceptors (Lipinski definition) is 15. The van der Waals surface area contributed by atoms with Gasteiger partial charge in [0.2, 0.25) is 0 Å². The van der Waals surface area contributed by atoms with E-state index in [0.717, 1.165) is 180 Å². The summed E-state index contributed by atoms with van der Waals surface area (Å²) in [6.07, 6.45) is 84.6. The van der Waals surface area contributed by atoms with Crippen LogP contribution in [-0.2, 0) is 65.4 Å². The molecule has 0 aliphatic heterocycles. The summed E-state index contributed by atoms with van der Waals surface area (Å²) in [4.78, 5) is 73.0. The zero-order valence-electron chi connectivity index (χ0n) is 65.4. The van der Waals surface area contributed by atoms with Gasteiger partial charge >= 0.3 is 39.5 Å². The van der Waals surface area contributed by atoms with Crippen LogP contribution in [0.4, 0.5) is 0 Å². The number of carbonyl (C=O) groups is 4. The lowest BCUT2D eigenvalue weighted by atomic mass is 10.1. The molecule has 19 heteroatoms. The third-order valence-electron chi connectivity index (χ3n) is 16.9. The minimum atomic E-state index is -4.99. The Morgan fingerprint density at radius 1 is 0.279 bits per heavy atom. The highest BCUT2D eigenvalue weighted by Crippen LogP contribution is 2.45. The lowest BCUT2D eigenvalue weighted by Gasteiger charge is -2.21. The molecule has 0 aromatic carbocycles. The van der Waals surface area contributed by atoms with E-state index in [1.165, 1.54) is 77.0 Å². The van der Waals surface area contributed by atoms with Crippen LogP contribution in [0.15, 0.2) is 122 Å². The molecule has 0 aromatic heterocycles. The van der Waals surface area contributed by atoms with Crippen molar-refractivity contribution in [3.05, 3.63) is 122 Å². The molecule has 0 radical (unpaired) electrons. The first kappa shape index (κ1) is 99.5. The van der Waals surface area contributed by atoms with E-state index >= 15 is 0 Å². The summed E-state index contributed by atoms with van der Waals surface area (Å²) in [6.45, 7) is 4.66. The fourth-order valence-corrected chi connectivity index (χ4v) is 12.3. The summed E-state index contributed by atoms with van der Waals surface area (Å²) < 4.78 is 68.6. The first-order chi connectivity index (χ1) is 50.7. The summed E-state index contributed by atoms with van der Waals surface area (Å²) in [5, 5.41) is 10.6. The monoisotopic (exact) mass is 1500 g/mol. The minimum absolute atomic E-state index is 0.0743. The molecule has 104 heavy (non-hydrogen) atoms. The Kier molecular flexibility index (Phi) is 73.3. The molecular weight excluding hydrogens is 1350 g/mol. The molecule has 0 amide bonds. The molecule has 0 heterocycles. The first-order valence-corrected chi connectivity index (χ1v) is 43.8. The Labute approximate surface area is 632 Å². The summed E-state index contributed by atoms with van der Waals surface area (Å²) in [5.74, 6) is -2.23. The van der Waals surface area contributed by atoms with Gasteiger partial charge in [-0.1, -0.05) is 290 Å². The van der Waals surface area contributed by atoms with Crippen molar-refractivity contribution in [3.8, 4) is 0 Å². The van der Waals surface area contributed by atoms with Gasteiger partial charge in [0.15, 0.2) is 12.2 Å². The van der Waals surface area contributed by atoms with Gasteiger partial charge in [0, 0.05) is 25.7 Å². The Bertz CT molecular complexity index is 2440. The third-order valence-corrected chi connectivity index (χ3v) is 18.8. The fourth-order valence-electron chi connectivity index (χ4n) is 10.7. The van der Waals surface area contributed by atoms with Gasteiger partial charge in [-0.05, 0) is 141 Å². The Morgan fingerprint density at radius 2 is 0.500 bits per heavy atom. The number of rotatable bonds is 76. The van der Waals surface area contributed by atoms with Crippen molar-refractivity contribution in [1.29, 1.82) is 0 Å². The van der Waals surface area contributed by atoms with E-state index in [9.17, 15) is 43.2 Å². The molecule has 0 aliphatic carbocycles. The van der Waals surface area contributed by atoms with Crippen LogP contribution < -0.4 is 0 Å². The largest absolute Gasteiger partial charge is 0.472 e. The summed E-state index contributed by atoms with van der Waals surface area (Å²) >= 11 is 0. The van der Waals surface area contributed by atoms with E-state index in [4.69, 9.17) is 37.0 Å². The molecular formula is C85H146O17P2. The number of phosphoric acid groups is 2. The maximum atomic E-state index is 13.1. The number of phosphoric ester groups is 2. The highest BCUT2D eigenvalue weighted by Gasteiger charge is 2.30. The van der Waals surface area contributed by atoms with E-state index in [-0.39, 0.29) is 25.7 Å². The second-order valence-corrected chi connectivity index (χ2v) is 29.9. The fraction of sp³-hybridized carbons (Fsp3) is 0.718. The molecule has 0 aromatic rings. The van der Waals surface area contributed by atoms with Crippen LogP contribution in [0.3, 0.4) is 0 Å². The van der Waals surface area contributed by atoms with E-state index in [2.05, 4.69) is 149 Å². The van der Waals surface area contributed by atoms with Crippen LogP contribution in [0.25, 0.3) is 0 Å². The van der Waals surface area contributed by atoms with E-state index in [1.807, 2.05) is 0 Å². The first-order valence-electron chi connectivity index (χ1n) is 40.8. The van der Waals surface area contributed by atoms with Crippen LogP contribution >= 0.6 is 15.6 Å². The van der Waals surface area contributed by atoms with Gasteiger partial charge in [-0.2, -0.15) is 0 Å².